The summed E-state index contributed by atoms with van der Waals surface area (Å²) in [5.41, 5.74) is 3.87. The molecular formula is C15H19NO. The van der Waals surface area contributed by atoms with Crippen molar-refractivity contribution in [2.75, 3.05) is 0 Å². The van der Waals surface area contributed by atoms with Crippen LogP contribution >= 0.6 is 0 Å². The summed E-state index contributed by atoms with van der Waals surface area (Å²) in [6, 6.07) is 8.45. The minimum atomic E-state index is -0.0944. The van der Waals surface area contributed by atoms with Crippen molar-refractivity contribution in [2.24, 2.45) is 5.92 Å². The van der Waals surface area contributed by atoms with E-state index in [0.29, 0.717) is 5.92 Å². The van der Waals surface area contributed by atoms with Crippen molar-refractivity contribution in [3.63, 3.8) is 0 Å². The topological polar surface area (TPSA) is 36.0 Å². The first-order chi connectivity index (χ1) is 8.25. The highest BCUT2D eigenvalue weighted by Crippen LogP contribution is 2.32. The predicted molar refractivity (Wildman–Crippen MR) is 70.1 cm³/mol. The van der Waals surface area contributed by atoms with Crippen molar-refractivity contribution in [1.82, 2.24) is 4.98 Å². The van der Waals surface area contributed by atoms with Gasteiger partial charge in [-0.05, 0) is 43.7 Å². The smallest absolute Gasteiger partial charge is 0.0571 e. The Hall–Kier alpha value is -1.28. The van der Waals surface area contributed by atoms with Crippen LogP contribution in [0.4, 0.5) is 0 Å². The Morgan fingerprint density at radius 3 is 2.88 bits per heavy atom. The average molecular weight is 229 g/mol. The Kier molecular flexibility index (Phi) is 2.67. The van der Waals surface area contributed by atoms with Gasteiger partial charge >= 0.3 is 0 Å². The number of aromatic amines is 1. The summed E-state index contributed by atoms with van der Waals surface area (Å²) in [4.78, 5) is 3.43. The van der Waals surface area contributed by atoms with Crippen LogP contribution in [-0.2, 0) is 6.42 Å². The number of benzene rings is 1. The number of H-pyrrole nitrogens is 1. The fraction of sp³-hybridized carbons (Fsp3) is 0.467. The zero-order chi connectivity index (χ0) is 11.8. The predicted octanol–water partition coefficient (Wildman–Crippen LogP) is 3.18. The summed E-state index contributed by atoms with van der Waals surface area (Å²) >= 11 is 0. The molecule has 1 heterocycles. The standard InChI is InChI=1S/C15H19NO/c1-10-13(9-11-5-4-8-15(11)17)12-6-2-3-7-14(12)16-10/h2-3,6-7,11,15-17H,4-5,8-9H2,1H3. The first kappa shape index (κ1) is 10.8. The molecule has 0 saturated heterocycles. The lowest BCUT2D eigenvalue weighted by atomic mass is 9.94. The van der Waals surface area contributed by atoms with E-state index in [1.165, 1.54) is 35.0 Å². The van der Waals surface area contributed by atoms with Gasteiger partial charge < -0.3 is 10.1 Å². The summed E-state index contributed by atoms with van der Waals surface area (Å²) < 4.78 is 0. The zero-order valence-electron chi connectivity index (χ0n) is 10.2. The summed E-state index contributed by atoms with van der Waals surface area (Å²) in [5.74, 6) is 0.452. The highest BCUT2D eigenvalue weighted by Gasteiger charge is 2.26. The lowest BCUT2D eigenvalue weighted by molar-refractivity contribution is 0.133. The van der Waals surface area contributed by atoms with Gasteiger partial charge in [-0.2, -0.15) is 0 Å². The third-order valence-electron chi connectivity index (χ3n) is 4.11. The number of hydrogen-bond donors (Lipinski definition) is 2. The van der Waals surface area contributed by atoms with Gasteiger partial charge in [0.2, 0.25) is 0 Å². The van der Waals surface area contributed by atoms with Gasteiger partial charge in [0.05, 0.1) is 6.10 Å². The lowest BCUT2D eigenvalue weighted by Gasteiger charge is -2.14. The van der Waals surface area contributed by atoms with Crippen molar-refractivity contribution in [3.05, 3.63) is 35.5 Å². The van der Waals surface area contributed by atoms with E-state index in [1.54, 1.807) is 0 Å². The second-order valence-corrected chi connectivity index (χ2v) is 5.24. The van der Waals surface area contributed by atoms with Crippen LogP contribution in [0.5, 0.6) is 0 Å². The summed E-state index contributed by atoms with van der Waals surface area (Å²) in [6.07, 6.45) is 4.24. The molecule has 90 valence electrons. The van der Waals surface area contributed by atoms with Crippen molar-refractivity contribution in [2.45, 2.75) is 38.7 Å². The fourth-order valence-corrected chi connectivity index (χ4v) is 3.12. The maximum absolute atomic E-state index is 9.94. The normalized spacial score (nSPS) is 24.6. The van der Waals surface area contributed by atoms with Gasteiger partial charge in [-0.3, -0.25) is 0 Å². The Morgan fingerprint density at radius 1 is 1.29 bits per heavy atom. The van der Waals surface area contributed by atoms with E-state index < -0.39 is 0 Å². The highest BCUT2D eigenvalue weighted by atomic mass is 16.3. The molecule has 1 aliphatic carbocycles. The largest absolute Gasteiger partial charge is 0.393 e. The van der Waals surface area contributed by atoms with Gasteiger partial charge in [-0.15, -0.1) is 0 Å². The number of hydrogen-bond acceptors (Lipinski definition) is 1. The molecule has 3 rings (SSSR count). The molecule has 2 heteroatoms. The molecule has 1 saturated carbocycles. The molecule has 0 radical (unpaired) electrons. The van der Waals surface area contributed by atoms with Gasteiger partial charge in [0, 0.05) is 16.6 Å². The maximum Gasteiger partial charge on any atom is 0.0571 e. The molecule has 0 spiro atoms. The van der Waals surface area contributed by atoms with E-state index in [0.717, 1.165) is 12.8 Å². The molecule has 0 bridgehead atoms. The molecule has 2 unspecified atom stereocenters. The molecule has 1 aromatic heterocycles. The van der Waals surface area contributed by atoms with Crippen molar-refractivity contribution < 1.29 is 5.11 Å². The van der Waals surface area contributed by atoms with E-state index in [9.17, 15) is 5.11 Å². The SMILES string of the molecule is Cc1[nH]c2ccccc2c1CC1CCCC1O. The van der Waals surface area contributed by atoms with Crippen LogP contribution in [0.1, 0.15) is 30.5 Å². The van der Waals surface area contributed by atoms with E-state index in [4.69, 9.17) is 0 Å². The fourth-order valence-electron chi connectivity index (χ4n) is 3.12. The van der Waals surface area contributed by atoms with Crippen LogP contribution in [0.15, 0.2) is 24.3 Å². The lowest BCUT2D eigenvalue weighted by Crippen LogP contribution is -2.15. The van der Waals surface area contributed by atoms with Crippen LogP contribution in [-0.4, -0.2) is 16.2 Å². The highest BCUT2D eigenvalue weighted by molar-refractivity contribution is 5.84. The second-order valence-electron chi connectivity index (χ2n) is 5.24. The second kappa shape index (κ2) is 4.19. The van der Waals surface area contributed by atoms with Gasteiger partial charge in [0.15, 0.2) is 0 Å². The van der Waals surface area contributed by atoms with Crippen molar-refractivity contribution >= 4 is 10.9 Å². The third-order valence-corrected chi connectivity index (χ3v) is 4.11. The quantitative estimate of drug-likeness (QED) is 0.815. The Morgan fingerprint density at radius 2 is 2.12 bits per heavy atom. The van der Waals surface area contributed by atoms with Gasteiger partial charge in [0.25, 0.3) is 0 Å². The average Bonchev–Trinajstić information content (AvgIpc) is 2.85. The number of para-hydroxylation sites is 1. The monoisotopic (exact) mass is 229 g/mol. The minimum Gasteiger partial charge on any atom is -0.393 e. The van der Waals surface area contributed by atoms with E-state index >= 15 is 0 Å². The number of aryl methyl sites for hydroxylation is 1. The number of nitrogens with one attached hydrogen (secondary N) is 1. The third kappa shape index (κ3) is 1.87. The van der Waals surface area contributed by atoms with E-state index in [2.05, 4.69) is 36.2 Å². The van der Waals surface area contributed by atoms with Crippen molar-refractivity contribution in [1.29, 1.82) is 0 Å². The Labute approximate surface area is 102 Å². The van der Waals surface area contributed by atoms with Gasteiger partial charge in [0.1, 0.15) is 0 Å². The van der Waals surface area contributed by atoms with Crippen molar-refractivity contribution in [3.8, 4) is 0 Å². The van der Waals surface area contributed by atoms with Crippen LogP contribution in [0, 0.1) is 12.8 Å². The first-order valence-corrected chi connectivity index (χ1v) is 6.50. The zero-order valence-corrected chi connectivity index (χ0v) is 10.2. The molecule has 2 atom stereocenters. The number of rotatable bonds is 2. The van der Waals surface area contributed by atoms with E-state index in [-0.39, 0.29) is 6.10 Å². The first-order valence-electron chi connectivity index (χ1n) is 6.50. The van der Waals surface area contributed by atoms with Crippen LogP contribution in [0.25, 0.3) is 10.9 Å². The molecule has 0 aliphatic heterocycles. The number of aliphatic hydroxyl groups excluding tert-OH is 1. The minimum absolute atomic E-state index is 0.0944. The number of fused-ring (bicyclic) bond motifs is 1. The molecular weight excluding hydrogens is 210 g/mol. The van der Waals surface area contributed by atoms with Crippen LogP contribution in [0.2, 0.25) is 0 Å². The molecule has 2 aromatic rings. The van der Waals surface area contributed by atoms with Crippen LogP contribution in [0.3, 0.4) is 0 Å². The number of aliphatic hydroxyl groups is 1. The summed E-state index contributed by atoms with van der Waals surface area (Å²) in [6.45, 7) is 2.14. The summed E-state index contributed by atoms with van der Waals surface area (Å²) in [7, 11) is 0. The molecule has 1 aliphatic rings. The van der Waals surface area contributed by atoms with Crippen LogP contribution < -0.4 is 0 Å². The molecule has 1 fully saturated rings. The Balaban J connectivity index is 1.96. The Bertz CT molecular complexity index is 529. The molecule has 0 amide bonds. The maximum atomic E-state index is 9.94. The summed E-state index contributed by atoms with van der Waals surface area (Å²) in [5, 5.41) is 11.3. The number of aromatic nitrogens is 1. The molecule has 17 heavy (non-hydrogen) atoms. The van der Waals surface area contributed by atoms with Gasteiger partial charge in [-0.1, -0.05) is 24.6 Å². The molecule has 1 aromatic carbocycles. The van der Waals surface area contributed by atoms with E-state index in [1.807, 2.05) is 0 Å². The van der Waals surface area contributed by atoms with Gasteiger partial charge in [-0.25, -0.2) is 0 Å². The molecule has 2 nitrogen and oxygen atoms in total. The molecule has 2 N–H and O–H groups in total.